The Hall–Kier alpha value is -1.60. The van der Waals surface area contributed by atoms with E-state index in [1.807, 2.05) is 5.38 Å². The molecule has 3 heterocycles. The third kappa shape index (κ3) is 2.75. The molecule has 1 aliphatic rings. The molecule has 0 radical (unpaired) electrons. The fourth-order valence-electron chi connectivity index (χ4n) is 2.72. The summed E-state index contributed by atoms with van der Waals surface area (Å²) in [4.78, 5) is 19.3. The molecule has 1 fully saturated rings. The molecule has 1 aliphatic heterocycles. The van der Waals surface area contributed by atoms with Crippen LogP contribution in [0.2, 0.25) is 0 Å². The maximum atomic E-state index is 11.4. The fourth-order valence-corrected chi connectivity index (χ4v) is 3.45. The van der Waals surface area contributed by atoms with E-state index in [0.29, 0.717) is 12.6 Å². The Morgan fingerprint density at radius 2 is 2.43 bits per heavy atom. The van der Waals surface area contributed by atoms with Gasteiger partial charge in [-0.1, -0.05) is 13.8 Å². The number of primary amides is 1. The van der Waals surface area contributed by atoms with Crippen LogP contribution in [0, 0.1) is 5.92 Å². The Morgan fingerprint density at radius 3 is 3.10 bits per heavy atom. The van der Waals surface area contributed by atoms with Crippen LogP contribution in [-0.2, 0) is 11.3 Å². The van der Waals surface area contributed by atoms with Crippen molar-refractivity contribution in [3.8, 4) is 0 Å². The number of nitrogens with two attached hydrogens (primary N) is 1. The molecule has 6 nitrogen and oxygen atoms in total. The summed E-state index contributed by atoms with van der Waals surface area (Å²) in [6, 6.07) is 0.416. The molecule has 1 atom stereocenters. The Balaban J connectivity index is 1.89. The van der Waals surface area contributed by atoms with Crippen LogP contribution < -0.4 is 16.0 Å². The van der Waals surface area contributed by atoms with Gasteiger partial charge in [-0.25, -0.2) is 4.98 Å². The predicted molar refractivity (Wildman–Crippen MR) is 84.6 cm³/mol. The molecule has 0 saturated carbocycles. The van der Waals surface area contributed by atoms with Gasteiger partial charge < -0.3 is 16.0 Å². The van der Waals surface area contributed by atoms with E-state index < -0.39 is 0 Å². The van der Waals surface area contributed by atoms with Crippen LogP contribution in [0.1, 0.15) is 26.0 Å². The molecule has 3 rings (SSSR count). The number of thiazole rings is 1. The van der Waals surface area contributed by atoms with Crippen molar-refractivity contribution in [3.05, 3.63) is 17.3 Å². The summed E-state index contributed by atoms with van der Waals surface area (Å²) in [5, 5.41) is 5.50. The Labute approximate surface area is 127 Å². The number of fused-ring (bicyclic) bond motifs is 1. The largest absolute Gasteiger partial charge is 0.369 e. The highest BCUT2D eigenvalue weighted by atomic mass is 32.1. The van der Waals surface area contributed by atoms with Crippen molar-refractivity contribution >= 4 is 28.0 Å². The molecule has 114 valence electrons. The van der Waals surface area contributed by atoms with Crippen LogP contribution in [0.5, 0.6) is 0 Å². The molecule has 1 saturated heterocycles. The highest BCUT2D eigenvalue weighted by Crippen LogP contribution is 2.29. The monoisotopic (exact) mass is 307 g/mol. The number of anilines is 1. The van der Waals surface area contributed by atoms with Gasteiger partial charge in [0.1, 0.15) is 0 Å². The standard InChI is InChI=1S/C14H21N5OS/c1-9(2)16-7-11-13(17-14-19(11)5-6-21-14)18-4-3-10(8-18)12(15)20/h5-6,9-10,16H,3-4,7-8H2,1-2H3,(H2,15,20). The van der Waals surface area contributed by atoms with E-state index in [2.05, 4.69) is 34.7 Å². The first-order valence-corrected chi connectivity index (χ1v) is 8.16. The minimum absolute atomic E-state index is 0.0596. The quantitative estimate of drug-likeness (QED) is 0.870. The predicted octanol–water partition coefficient (Wildman–Crippen LogP) is 1.21. The lowest BCUT2D eigenvalue weighted by molar-refractivity contribution is -0.121. The molecule has 0 aromatic carbocycles. The van der Waals surface area contributed by atoms with Gasteiger partial charge in [-0.05, 0) is 6.42 Å². The minimum Gasteiger partial charge on any atom is -0.369 e. The average molecular weight is 307 g/mol. The summed E-state index contributed by atoms with van der Waals surface area (Å²) in [5.41, 5.74) is 6.59. The minimum atomic E-state index is -0.208. The van der Waals surface area contributed by atoms with E-state index in [4.69, 9.17) is 10.7 Å². The van der Waals surface area contributed by atoms with Crippen molar-refractivity contribution in [2.45, 2.75) is 32.9 Å². The zero-order chi connectivity index (χ0) is 15.0. The van der Waals surface area contributed by atoms with Gasteiger partial charge in [0, 0.05) is 37.3 Å². The van der Waals surface area contributed by atoms with Gasteiger partial charge in [-0.15, -0.1) is 11.3 Å². The van der Waals surface area contributed by atoms with Gasteiger partial charge in [0.05, 0.1) is 11.6 Å². The SMILES string of the molecule is CC(C)NCc1c(N2CCC(C(N)=O)C2)nc2sccn12. The van der Waals surface area contributed by atoms with Gasteiger partial charge in [0.25, 0.3) is 0 Å². The second-order valence-electron chi connectivity index (χ2n) is 5.81. The molecule has 1 amide bonds. The Morgan fingerprint density at radius 1 is 1.62 bits per heavy atom. The van der Waals surface area contributed by atoms with Crippen LogP contribution in [0.15, 0.2) is 11.6 Å². The van der Waals surface area contributed by atoms with Gasteiger partial charge in [-0.3, -0.25) is 9.20 Å². The van der Waals surface area contributed by atoms with E-state index in [1.165, 1.54) is 0 Å². The van der Waals surface area contributed by atoms with Crippen LogP contribution in [0.4, 0.5) is 5.82 Å². The van der Waals surface area contributed by atoms with Crippen molar-refractivity contribution in [2.24, 2.45) is 11.7 Å². The van der Waals surface area contributed by atoms with Gasteiger partial charge in [-0.2, -0.15) is 0 Å². The number of nitrogens with one attached hydrogen (secondary N) is 1. The molecule has 2 aromatic rings. The average Bonchev–Trinajstić information content (AvgIpc) is 3.11. The normalized spacial score (nSPS) is 19.0. The lowest BCUT2D eigenvalue weighted by Crippen LogP contribution is -2.29. The molecular weight excluding hydrogens is 286 g/mol. The highest BCUT2D eigenvalue weighted by molar-refractivity contribution is 7.15. The molecule has 3 N–H and O–H groups in total. The summed E-state index contributed by atoms with van der Waals surface area (Å²) in [6.07, 6.45) is 2.87. The lowest BCUT2D eigenvalue weighted by atomic mass is 10.1. The summed E-state index contributed by atoms with van der Waals surface area (Å²) >= 11 is 1.63. The smallest absolute Gasteiger partial charge is 0.222 e. The van der Waals surface area contributed by atoms with E-state index >= 15 is 0 Å². The highest BCUT2D eigenvalue weighted by Gasteiger charge is 2.30. The summed E-state index contributed by atoms with van der Waals surface area (Å²) in [6.45, 7) is 6.54. The summed E-state index contributed by atoms with van der Waals surface area (Å²) in [7, 11) is 0. The Bertz CT molecular complexity index is 647. The molecule has 7 heteroatoms. The van der Waals surface area contributed by atoms with Crippen molar-refractivity contribution in [3.63, 3.8) is 0 Å². The third-order valence-electron chi connectivity index (χ3n) is 3.91. The number of hydrogen-bond acceptors (Lipinski definition) is 5. The second-order valence-corrected chi connectivity index (χ2v) is 6.68. The number of hydrogen-bond donors (Lipinski definition) is 2. The van der Waals surface area contributed by atoms with Crippen LogP contribution >= 0.6 is 11.3 Å². The van der Waals surface area contributed by atoms with E-state index in [0.717, 1.165) is 36.0 Å². The molecule has 2 aromatic heterocycles. The number of carbonyl (C=O) groups excluding carboxylic acids is 1. The van der Waals surface area contributed by atoms with Gasteiger partial charge >= 0.3 is 0 Å². The molecular formula is C14H21N5OS. The van der Waals surface area contributed by atoms with Crippen LogP contribution in [-0.4, -0.2) is 34.4 Å². The van der Waals surface area contributed by atoms with Crippen molar-refractivity contribution in [1.82, 2.24) is 14.7 Å². The molecule has 0 bridgehead atoms. The van der Waals surface area contributed by atoms with E-state index in [1.54, 1.807) is 11.3 Å². The number of amides is 1. The molecule has 0 spiro atoms. The Kier molecular flexibility index (Phi) is 3.86. The maximum absolute atomic E-state index is 11.4. The lowest BCUT2D eigenvalue weighted by Gasteiger charge is -2.18. The number of rotatable bonds is 5. The van der Waals surface area contributed by atoms with Crippen molar-refractivity contribution in [1.29, 1.82) is 0 Å². The van der Waals surface area contributed by atoms with Gasteiger partial charge in [0.2, 0.25) is 5.91 Å². The van der Waals surface area contributed by atoms with Gasteiger partial charge in [0.15, 0.2) is 10.8 Å². The maximum Gasteiger partial charge on any atom is 0.222 e. The third-order valence-corrected chi connectivity index (χ3v) is 4.66. The van der Waals surface area contributed by atoms with E-state index in [-0.39, 0.29) is 11.8 Å². The zero-order valence-electron chi connectivity index (χ0n) is 12.4. The van der Waals surface area contributed by atoms with E-state index in [9.17, 15) is 4.79 Å². The van der Waals surface area contributed by atoms with Crippen molar-refractivity contribution in [2.75, 3.05) is 18.0 Å². The second kappa shape index (κ2) is 5.65. The molecule has 21 heavy (non-hydrogen) atoms. The topological polar surface area (TPSA) is 75.7 Å². The first-order chi connectivity index (χ1) is 10.1. The zero-order valence-corrected chi connectivity index (χ0v) is 13.2. The summed E-state index contributed by atoms with van der Waals surface area (Å²) in [5.74, 6) is 0.717. The van der Waals surface area contributed by atoms with Crippen molar-refractivity contribution < 1.29 is 4.79 Å². The van der Waals surface area contributed by atoms with Crippen LogP contribution in [0.3, 0.4) is 0 Å². The van der Waals surface area contributed by atoms with Crippen LogP contribution in [0.25, 0.3) is 4.96 Å². The number of nitrogens with zero attached hydrogens (tertiary/aromatic N) is 3. The number of aromatic nitrogens is 2. The first-order valence-electron chi connectivity index (χ1n) is 7.28. The molecule has 0 aliphatic carbocycles. The summed E-state index contributed by atoms with van der Waals surface area (Å²) < 4.78 is 2.13. The fraction of sp³-hybridized carbons (Fsp3) is 0.571. The molecule has 1 unspecified atom stereocenters. The first kappa shape index (κ1) is 14.3. The number of imidazole rings is 1. The number of carbonyl (C=O) groups is 1.